The molecule has 0 spiro atoms. The van der Waals surface area contributed by atoms with Gasteiger partial charge in [0, 0.05) is 23.5 Å². The highest BCUT2D eigenvalue weighted by molar-refractivity contribution is 5.77. The molecule has 1 aromatic rings. The average molecular weight is 217 g/mol. The van der Waals surface area contributed by atoms with Crippen molar-refractivity contribution in [2.45, 2.75) is 39.7 Å². The summed E-state index contributed by atoms with van der Waals surface area (Å²) in [6.07, 6.45) is 9.15. The van der Waals surface area contributed by atoms with Gasteiger partial charge in [0.25, 0.3) is 0 Å². The Bertz CT molecular complexity index is 415. The summed E-state index contributed by atoms with van der Waals surface area (Å²) in [7, 11) is 0. The molecule has 2 heteroatoms. The molecule has 0 N–H and O–H groups in total. The smallest absolute Gasteiger partial charge is 0.151 e. The molecule has 0 fully saturated rings. The highest BCUT2D eigenvalue weighted by Gasteiger charge is 2.14. The molecular weight excluding hydrogens is 198 g/mol. The zero-order valence-corrected chi connectivity index (χ0v) is 10.1. The fourth-order valence-corrected chi connectivity index (χ4v) is 2.51. The number of allylic oxidation sites excluding steroid dienone is 2. The fraction of sp³-hybridized carbons (Fsp3) is 0.500. The second-order valence-electron chi connectivity index (χ2n) is 4.71. The van der Waals surface area contributed by atoms with Gasteiger partial charge in [0.05, 0.1) is 0 Å². The van der Waals surface area contributed by atoms with Crippen LogP contribution in [0.3, 0.4) is 0 Å². The van der Waals surface area contributed by atoms with E-state index in [1.807, 2.05) is 13.0 Å². The predicted octanol–water partition coefficient (Wildman–Crippen LogP) is 3.27. The maximum absolute atomic E-state index is 10.9. The molecule has 0 bridgehead atoms. The molecular formula is C14H19NO. The topological polar surface area (TPSA) is 22.0 Å². The van der Waals surface area contributed by atoms with Gasteiger partial charge in [-0.3, -0.25) is 4.79 Å². The second-order valence-corrected chi connectivity index (χ2v) is 4.71. The van der Waals surface area contributed by atoms with Crippen LogP contribution in [0.1, 0.15) is 41.0 Å². The number of hydrogen-bond donors (Lipinski definition) is 0. The summed E-state index contributed by atoms with van der Waals surface area (Å²) < 4.78 is 2.29. The van der Waals surface area contributed by atoms with Gasteiger partial charge in [0.1, 0.15) is 0 Å². The Hall–Kier alpha value is -1.31. The molecule has 0 radical (unpaired) electrons. The average Bonchev–Trinajstić information content (AvgIpc) is 2.58. The predicted molar refractivity (Wildman–Crippen MR) is 65.8 cm³/mol. The van der Waals surface area contributed by atoms with E-state index in [-0.39, 0.29) is 0 Å². The Morgan fingerprint density at radius 2 is 2.25 bits per heavy atom. The van der Waals surface area contributed by atoms with Crippen molar-refractivity contribution in [1.29, 1.82) is 0 Å². The minimum atomic E-state index is 0.731. The number of aldehydes is 1. The van der Waals surface area contributed by atoms with Crippen molar-refractivity contribution in [3.05, 3.63) is 35.2 Å². The first-order chi connectivity index (χ1) is 7.72. The molecule has 0 amide bonds. The number of aromatic nitrogens is 1. The third-order valence-corrected chi connectivity index (χ3v) is 3.56. The molecule has 0 aromatic carbocycles. The molecule has 1 aliphatic carbocycles. The van der Waals surface area contributed by atoms with E-state index >= 15 is 0 Å². The molecule has 1 heterocycles. The number of rotatable bonds is 3. The zero-order chi connectivity index (χ0) is 11.5. The van der Waals surface area contributed by atoms with Crippen LogP contribution in [-0.2, 0) is 6.54 Å². The Balaban J connectivity index is 2.17. The van der Waals surface area contributed by atoms with E-state index in [1.54, 1.807) is 0 Å². The molecule has 1 atom stereocenters. The van der Waals surface area contributed by atoms with E-state index in [9.17, 15) is 4.79 Å². The summed E-state index contributed by atoms with van der Waals surface area (Å²) in [6, 6.07) is 1.99. The van der Waals surface area contributed by atoms with Crippen LogP contribution in [0.15, 0.2) is 18.2 Å². The molecule has 0 saturated heterocycles. The first-order valence-electron chi connectivity index (χ1n) is 5.99. The van der Waals surface area contributed by atoms with Gasteiger partial charge in [-0.25, -0.2) is 0 Å². The fourth-order valence-electron chi connectivity index (χ4n) is 2.51. The minimum Gasteiger partial charge on any atom is -0.348 e. The highest BCUT2D eigenvalue weighted by Crippen LogP contribution is 2.23. The lowest BCUT2D eigenvalue weighted by Gasteiger charge is -2.20. The van der Waals surface area contributed by atoms with Crippen molar-refractivity contribution >= 4 is 6.29 Å². The quantitative estimate of drug-likeness (QED) is 0.562. The molecule has 16 heavy (non-hydrogen) atoms. The van der Waals surface area contributed by atoms with Crippen molar-refractivity contribution in [2.75, 3.05) is 0 Å². The van der Waals surface area contributed by atoms with E-state index in [0.717, 1.165) is 30.0 Å². The molecule has 86 valence electrons. The van der Waals surface area contributed by atoms with Crippen LogP contribution in [0.4, 0.5) is 0 Å². The van der Waals surface area contributed by atoms with Crippen molar-refractivity contribution in [2.24, 2.45) is 5.92 Å². The third-order valence-electron chi connectivity index (χ3n) is 3.56. The summed E-state index contributed by atoms with van der Waals surface area (Å²) in [4.78, 5) is 10.9. The van der Waals surface area contributed by atoms with Crippen LogP contribution in [0.5, 0.6) is 0 Å². The SMILES string of the molecule is Cc1cc(C=O)c(C)n1CC1CC=CCC1. The maximum Gasteiger partial charge on any atom is 0.151 e. The molecule has 0 saturated carbocycles. The van der Waals surface area contributed by atoms with Crippen LogP contribution in [0.25, 0.3) is 0 Å². The number of carbonyl (C=O) groups excluding carboxylic acids is 1. The monoisotopic (exact) mass is 217 g/mol. The van der Waals surface area contributed by atoms with E-state index < -0.39 is 0 Å². The second kappa shape index (κ2) is 4.69. The Labute approximate surface area is 97.0 Å². The lowest BCUT2D eigenvalue weighted by Crippen LogP contribution is -2.14. The Morgan fingerprint density at radius 1 is 1.44 bits per heavy atom. The lowest BCUT2D eigenvalue weighted by molar-refractivity contribution is 0.112. The zero-order valence-electron chi connectivity index (χ0n) is 10.1. The van der Waals surface area contributed by atoms with Gasteiger partial charge in [0.15, 0.2) is 6.29 Å². The van der Waals surface area contributed by atoms with E-state index in [2.05, 4.69) is 23.6 Å². The Kier molecular flexibility index (Phi) is 3.28. The van der Waals surface area contributed by atoms with Gasteiger partial charge in [-0.05, 0) is 45.1 Å². The molecule has 0 aliphatic heterocycles. The molecule has 2 rings (SSSR count). The minimum absolute atomic E-state index is 0.731. The van der Waals surface area contributed by atoms with Gasteiger partial charge >= 0.3 is 0 Å². The summed E-state index contributed by atoms with van der Waals surface area (Å²) in [5.41, 5.74) is 3.15. The lowest BCUT2D eigenvalue weighted by atomic mass is 9.94. The van der Waals surface area contributed by atoms with Crippen LogP contribution >= 0.6 is 0 Å². The molecule has 1 aliphatic rings. The maximum atomic E-state index is 10.9. The van der Waals surface area contributed by atoms with Crippen molar-refractivity contribution < 1.29 is 4.79 Å². The summed E-state index contributed by atoms with van der Waals surface area (Å²) in [5, 5.41) is 0. The van der Waals surface area contributed by atoms with Crippen LogP contribution in [-0.4, -0.2) is 10.9 Å². The van der Waals surface area contributed by atoms with Crippen LogP contribution in [0, 0.1) is 19.8 Å². The molecule has 1 aromatic heterocycles. The van der Waals surface area contributed by atoms with Gasteiger partial charge in [-0.15, -0.1) is 0 Å². The summed E-state index contributed by atoms with van der Waals surface area (Å²) in [6.45, 7) is 5.17. The summed E-state index contributed by atoms with van der Waals surface area (Å²) >= 11 is 0. The standard InChI is InChI=1S/C14H19NO/c1-11-8-14(10-16)12(2)15(11)9-13-6-4-3-5-7-13/h3-4,8,10,13H,5-7,9H2,1-2H3. The van der Waals surface area contributed by atoms with Crippen LogP contribution < -0.4 is 0 Å². The summed E-state index contributed by atoms with van der Waals surface area (Å²) in [5.74, 6) is 0.731. The first kappa shape index (κ1) is 11.2. The number of hydrogen-bond acceptors (Lipinski definition) is 1. The van der Waals surface area contributed by atoms with Crippen molar-refractivity contribution in [3.63, 3.8) is 0 Å². The molecule has 2 nitrogen and oxygen atoms in total. The Morgan fingerprint density at radius 3 is 2.81 bits per heavy atom. The number of nitrogens with zero attached hydrogens (tertiary/aromatic N) is 1. The first-order valence-corrected chi connectivity index (χ1v) is 5.99. The van der Waals surface area contributed by atoms with Gasteiger partial charge < -0.3 is 4.57 Å². The van der Waals surface area contributed by atoms with E-state index in [4.69, 9.17) is 0 Å². The normalized spacial score (nSPS) is 20.0. The van der Waals surface area contributed by atoms with Crippen LogP contribution in [0.2, 0.25) is 0 Å². The van der Waals surface area contributed by atoms with Gasteiger partial charge in [-0.1, -0.05) is 12.2 Å². The van der Waals surface area contributed by atoms with Gasteiger partial charge in [-0.2, -0.15) is 0 Å². The largest absolute Gasteiger partial charge is 0.348 e. The van der Waals surface area contributed by atoms with Crippen molar-refractivity contribution in [1.82, 2.24) is 4.57 Å². The number of carbonyl (C=O) groups is 1. The van der Waals surface area contributed by atoms with Crippen molar-refractivity contribution in [3.8, 4) is 0 Å². The molecule has 1 unspecified atom stereocenters. The van der Waals surface area contributed by atoms with E-state index in [0.29, 0.717) is 0 Å². The highest BCUT2D eigenvalue weighted by atomic mass is 16.1. The third kappa shape index (κ3) is 2.11. The van der Waals surface area contributed by atoms with E-state index in [1.165, 1.54) is 25.0 Å². The number of aryl methyl sites for hydroxylation is 1. The van der Waals surface area contributed by atoms with Gasteiger partial charge in [0.2, 0.25) is 0 Å².